The molecule has 0 aliphatic rings. The summed E-state index contributed by atoms with van der Waals surface area (Å²) in [6.45, 7) is 0. The zero-order valence-corrected chi connectivity index (χ0v) is 11.7. The van der Waals surface area contributed by atoms with E-state index in [-0.39, 0.29) is 0 Å². The molecule has 19 heavy (non-hydrogen) atoms. The van der Waals surface area contributed by atoms with Crippen LogP contribution < -0.4 is 9.47 Å². The van der Waals surface area contributed by atoms with Gasteiger partial charge in [0.1, 0.15) is 6.10 Å². The van der Waals surface area contributed by atoms with E-state index in [4.69, 9.17) is 21.1 Å². The summed E-state index contributed by atoms with van der Waals surface area (Å²) in [5.74, 6) is 1.03. The molecule has 0 saturated carbocycles. The molecule has 6 heteroatoms. The quantitative estimate of drug-likeness (QED) is 0.934. The lowest BCUT2D eigenvalue weighted by molar-refractivity contribution is 0.203. The highest BCUT2D eigenvalue weighted by molar-refractivity contribution is 6.31. The van der Waals surface area contributed by atoms with E-state index < -0.39 is 6.10 Å². The van der Waals surface area contributed by atoms with Gasteiger partial charge >= 0.3 is 0 Å². The van der Waals surface area contributed by atoms with Crippen molar-refractivity contribution in [2.45, 2.75) is 6.10 Å². The van der Waals surface area contributed by atoms with Gasteiger partial charge in [-0.2, -0.15) is 5.10 Å². The summed E-state index contributed by atoms with van der Waals surface area (Å²) in [5.41, 5.74) is 1.08. The molecule has 0 fully saturated rings. The number of ether oxygens (including phenoxy) is 2. The second-order valence-electron chi connectivity index (χ2n) is 3.99. The Labute approximate surface area is 116 Å². The third kappa shape index (κ3) is 2.39. The fourth-order valence-electron chi connectivity index (χ4n) is 2.00. The van der Waals surface area contributed by atoms with Crippen LogP contribution in [-0.4, -0.2) is 29.1 Å². The van der Waals surface area contributed by atoms with E-state index in [2.05, 4.69) is 5.10 Å². The van der Waals surface area contributed by atoms with Crippen LogP contribution in [0, 0.1) is 0 Å². The minimum Gasteiger partial charge on any atom is -0.493 e. The van der Waals surface area contributed by atoms with E-state index >= 15 is 0 Å². The van der Waals surface area contributed by atoms with E-state index in [1.807, 2.05) is 0 Å². The first-order valence-corrected chi connectivity index (χ1v) is 6.04. The molecule has 1 atom stereocenters. The third-order valence-corrected chi connectivity index (χ3v) is 3.22. The largest absolute Gasteiger partial charge is 0.493 e. The maximum absolute atomic E-state index is 10.5. The van der Waals surface area contributed by atoms with Crippen molar-refractivity contribution in [3.05, 3.63) is 40.7 Å². The Hall–Kier alpha value is -1.72. The summed E-state index contributed by atoms with van der Waals surface area (Å²) in [6, 6.07) is 5.30. The van der Waals surface area contributed by atoms with E-state index in [1.54, 1.807) is 32.4 Å². The number of aliphatic hydroxyl groups is 1. The third-order valence-electron chi connectivity index (χ3n) is 2.92. The Bertz CT molecular complexity index is 564. The molecular formula is C13H15ClN2O3. The molecule has 0 bridgehead atoms. The van der Waals surface area contributed by atoms with Gasteiger partial charge in [-0.25, -0.2) is 0 Å². The van der Waals surface area contributed by atoms with Gasteiger partial charge < -0.3 is 14.6 Å². The number of aryl methyl sites for hydroxylation is 1. The number of aliphatic hydroxyl groups excluding tert-OH is 1. The molecule has 0 saturated heterocycles. The molecule has 0 aliphatic heterocycles. The molecule has 0 radical (unpaired) electrons. The number of aromatic nitrogens is 2. The predicted molar refractivity (Wildman–Crippen MR) is 71.8 cm³/mol. The fourth-order valence-corrected chi connectivity index (χ4v) is 2.27. The van der Waals surface area contributed by atoms with Crippen LogP contribution in [0.15, 0.2) is 24.4 Å². The Morgan fingerprint density at radius 3 is 2.58 bits per heavy atom. The number of benzene rings is 1. The van der Waals surface area contributed by atoms with Crippen molar-refractivity contribution in [1.29, 1.82) is 0 Å². The summed E-state index contributed by atoms with van der Waals surface area (Å²) in [5, 5.41) is 14.9. The van der Waals surface area contributed by atoms with Crippen LogP contribution in [0.3, 0.4) is 0 Å². The van der Waals surface area contributed by atoms with Crippen LogP contribution in [0.1, 0.15) is 17.4 Å². The average Bonchev–Trinajstić information content (AvgIpc) is 2.76. The number of methoxy groups -OCH3 is 2. The molecule has 102 valence electrons. The van der Waals surface area contributed by atoms with Gasteiger partial charge in [0.25, 0.3) is 0 Å². The van der Waals surface area contributed by atoms with E-state index in [9.17, 15) is 5.11 Å². The minimum atomic E-state index is -0.940. The van der Waals surface area contributed by atoms with Crippen LogP contribution in [0.5, 0.6) is 11.5 Å². The van der Waals surface area contributed by atoms with Crippen molar-refractivity contribution in [1.82, 2.24) is 9.78 Å². The Kier molecular flexibility index (Phi) is 3.97. The van der Waals surface area contributed by atoms with Crippen molar-refractivity contribution in [2.24, 2.45) is 7.05 Å². The van der Waals surface area contributed by atoms with Crippen molar-refractivity contribution in [3.63, 3.8) is 0 Å². The molecule has 2 aromatic rings. The molecule has 1 aromatic carbocycles. The lowest BCUT2D eigenvalue weighted by Crippen LogP contribution is -2.09. The SMILES string of the molecule is COc1cccc(C(O)c2c(Cl)cnn2C)c1OC. The number of halogens is 1. The highest BCUT2D eigenvalue weighted by atomic mass is 35.5. The zero-order chi connectivity index (χ0) is 14.0. The van der Waals surface area contributed by atoms with E-state index in [1.165, 1.54) is 18.0 Å². The van der Waals surface area contributed by atoms with Gasteiger partial charge in [-0.1, -0.05) is 23.7 Å². The molecule has 1 unspecified atom stereocenters. The molecule has 0 amide bonds. The number of para-hydroxylation sites is 1. The first kappa shape index (κ1) is 13.7. The van der Waals surface area contributed by atoms with Crippen molar-refractivity contribution < 1.29 is 14.6 Å². The number of rotatable bonds is 4. The van der Waals surface area contributed by atoms with Crippen LogP contribution in [0.4, 0.5) is 0 Å². The highest BCUT2D eigenvalue weighted by Gasteiger charge is 2.23. The molecule has 0 aliphatic carbocycles. The van der Waals surface area contributed by atoms with Gasteiger partial charge in [-0.15, -0.1) is 0 Å². The summed E-state index contributed by atoms with van der Waals surface area (Å²) in [6.07, 6.45) is 0.553. The Morgan fingerprint density at radius 1 is 1.32 bits per heavy atom. The Morgan fingerprint density at radius 2 is 2.05 bits per heavy atom. The van der Waals surface area contributed by atoms with Crippen molar-refractivity contribution in [2.75, 3.05) is 14.2 Å². The summed E-state index contributed by atoms with van der Waals surface area (Å²) >= 11 is 6.04. The van der Waals surface area contributed by atoms with Crippen molar-refractivity contribution in [3.8, 4) is 11.5 Å². The summed E-state index contributed by atoms with van der Waals surface area (Å²) < 4.78 is 12.1. The lowest BCUT2D eigenvalue weighted by Gasteiger charge is -2.17. The molecule has 1 heterocycles. The normalized spacial score (nSPS) is 12.3. The predicted octanol–water partition coefficient (Wildman–Crippen LogP) is 2.17. The van der Waals surface area contributed by atoms with E-state index in [0.29, 0.717) is 27.8 Å². The molecule has 1 aromatic heterocycles. The smallest absolute Gasteiger partial charge is 0.166 e. The first-order valence-electron chi connectivity index (χ1n) is 5.66. The number of hydrogen-bond acceptors (Lipinski definition) is 4. The van der Waals surface area contributed by atoms with Gasteiger partial charge in [-0.3, -0.25) is 4.68 Å². The van der Waals surface area contributed by atoms with Crippen LogP contribution in [0.25, 0.3) is 0 Å². The second kappa shape index (κ2) is 5.50. The van der Waals surface area contributed by atoms with Gasteiger partial charge in [0.2, 0.25) is 0 Å². The minimum absolute atomic E-state index is 0.403. The number of nitrogens with zero attached hydrogens (tertiary/aromatic N) is 2. The Balaban J connectivity index is 2.53. The molecule has 2 rings (SSSR count). The maximum Gasteiger partial charge on any atom is 0.166 e. The van der Waals surface area contributed by atoms with Gasteiger partial charge in [0.15, 0.2) is 11.5 Å². The van der Waals surface area contributed by atoms with Crippen LogP contribution in [0.2, 0.25) is 5.02 Å². The summed E-state index contributed by atoms with van der Waals surface area (Å²) in [4.78, 5) is 0. The molecule has 0 spiro atoms. The second-order valence-corrected chi connectivity index (χ2v) is 4.39. The van der Waals surface area contributed by atoms with Crippen LogP contribution in [-0.2, 0) is 7.05 Å². The molecular weight excluding hydrogens is 268 g/mol. The summed E-state index contributed by atoms with van der Waals surface area (Å²) in [7, 11) is 4.79. The molecule has 5 nitrogen and oxygen atoms in total. The zero-order valence-electron chi connectivity index (χ0n) is 10.9. The average molecular weight is 283 g/mol. The lowest BCUT2D eigenvalue weighted by atomic mass is 10.0. The standard InChI is InChI=1S/C13H15ClN2O3/c1-16-11(9(14)7-15-16)12(17)8-5-4-6-10(18-2)13(8)19-3/h4-7,12,17H,1-3H3. The number of hydrogen-bond donors (Lipinski definition) is 1. The van der Waals surface area contributed by atoms with Gasteiger partial charge in [-0.05, 0) is 6.07 Å². The van der Waals surface area contributed by atoms with Crippen molar-refractivity contribution >= 4 is 11.6 Å². The molecule has 1 N–H and O–H groups in total. The maximum atomic E-state index is 10.5. The highest BCUT2D eigenvalue weighted by Crippen LogP contribution is 2.38. The van der Waals surface area contributed by atoms with E-state index in [0.717, 1.165) is 0 Å². The van der Waals surface area contributed by atoms with Gasteiger partial charge in [0.05, 0.1) is 31.1 Å². The topological polar surface area (TPSA) is 56.5 Å². The fraction of sp³-hybridized carbons (Fsp3) is 0.308. The monoisotopic (exact) mass is 282 g/mol. The van der Waals surface area contributed by atoms with Crippen LogP contribution >= 0.6 is 11.6 Å². The first-order chi connectivity index (χ1) is 9.10. The van der Waals surface area contributed by atoms with Gasteiger partial charge in [0, 0.05) is 12.6 Å².